The summed E-state index contributed by atoms with van der Waals surface area (Å²) in [5.74, 6) is 0. The van der Waals surface area contributed by atoms with Crippen LogP contribution in [0.1, 0.15) is 0 Å². The van der Waals surface area contributed by atoms with Gasteiger partial charge in [-0.3, -0.25) is 5.43 Å². The van der Waals surface area contributed by atoms with E-state index in [4.69, 9.17) is 22.1 Å². The van der Waals surface area contributed by atoms with Crippen LogP contribution in [0.25, 0.3) is 0 Å². The number of hydrogen-bond acceptors (Lipinski definition) is 7. The van der Waals surface area contributed by atoms with E-state index in [1.54, 1.807) is 0 Å². The summed E-state index contributed by atoms with van der Waals surface area (Å²) in [7, 11) is 0. The first kappa shape index (κ1) is 23.6. The van der Waals surface area contributed by atoms with Gasteiger partial charge in [-0.05, 0) is 24.4 Å². The van der Waals surface area contributed by atoms with Crippen molar-refractivity contribution < 1.29 is 57.0 Å². The molecule has 1 aromatic rings. The molecular weight excluding hydrogens is 411 g/mol. The number of halogens is 1. The summed E-state index contributed by atoms with van der Waals surface area (Å²) in [6.07, 6.45) is -6.25. The summed E-state index contributed by atoms with van der Waals surface area (Å²) in [6, 6.07) is 9.20. The standard InChI is InChI=1S/C13H19N3O5S.ClH.Zn/c17-6-8-9(18)10(19)11(20)12(21-8)15-16-13(22)14-7-4-2-1-3-5-7;;/h1-5,8-12,15,17-20H,6H2,(H2,14,16,22);1H;/q;;+2/p-1/t8-,9-,10+,11-,12+;;/m1../s1. The maximum absolute atomic E-state index is 9.84. The molecule has 130 valence electrons. The third-order valence-electron chi connectivity index (χ3n) is 3.25. The molecule has 7 N–H and O–H groups in total. The van der Waals surface area contributed by atoms with Gasteiger partial charge >= 0.3 is 19.5 Å². The zero-order valence-corrected chi connectivity index (χ0v) is 17.2. The molecule has 0 unspecified atom stereocenters. The summed E-state index contributed by atoms with van der Waals surface area (Å²) in [5, 5.41) is 41.4. The van der Waals surface area contributed by atoms with Gasteiger partial charge in [0.1, 0.15) is 24.4 Å². The zero-order chi connectivity index (χ0) is 16.1. The number of hydrogen-bond donors (Lipinski definition) is 7. The van der Waals surface area contributed by atoms with Gasteiger partial charge in [0.2, 0.25) is 0 Å². The van der Waals surface area contributed by atoms with Crippen LogP contribution in [0.3, 0.4) is 0 Å². The monoisotopic (exact) mass is 428 g/mol. The Morgan fingerprint density at radius 2 is 1.71 bits per heavy atom. The number of rotatable bonds is 4. The summed E-state index contributed by atoms with van der Waals surface area (Å²) in [5.41, 5.74) is 5.99. The van der Waals surface area contributed by atoms with Crippen molar-refractivity contribution in [2.75, 3.05) is 11.9 Å². The smallest absolute Gasteiger partial charge is 1.00 e. The second kappa shape index (κ2) is 11.2. The predicted octanol–water partition coefficient (Wildman–Crippen LogP) is -4.72. The fourth-order valence-electron chi connectivity index (χ4n) is 2.04. The van der Waals surface area contributed by atoms with Crippen LogP contribution >= 0.6 is 12.2 Å². The number of nitrogens with one attached hydrogen (secondary N) is 3. The van der Waals surface area contributed by atoms with Crippen molar-refractivity contribution >= 4 is 23.0 Å². The normalized spacial score (nSPS) is 28.9. The number of ether oxygens (including phenoxy) is 1. The molecule has 0 aliphatic carbocycles. The molecule has 0 radical (unpaired) electrons. The van der Waals surface area contributed by atoms with Crippen LogP contribution in [0.2, 0.25) is 0 Å². The van der Waals surface area contributed by atoms with Gasteiger partial charge in [-0.1, -0.05) is 18.2 Å². The Hall–Kier alpha value is -0.417. The molecule has 8 nitrogen and oxygen atoms in total. The van der Waals surface area contributed by atoms with Crippen molar-refractivity contribution in [3.63, 3.8) is 0 Å². The predicted molar refractivity (Wildman–Crippen MR) is 82.7 cm³/mol. The van der Waals surface area contributed by atoms with Crippen LogP contribution in [-0.4, -0.2) is 62.8 Å². The van der Waals surface area contributed by atoms with Gasteiger partial charge in [-0.25, -0.2) is 5.43 Å². The molecular formula is C13H19ClN3O5SZn+. The van der Waals surface area contributed by atoms with E-state index in [-0.39, 0.29) is 37.0 Å². The Kier molecular flexibility index (Phi) is 11.1. The molecule has 0 bridgehead atoms. The summed E-state index contributed by atoms with van der Waals surface area (Å²) in [4.78, 5) is 0. The van der Waals surface area contributed by atoms with Crippen LogP contribution in [0.15, 0.2) is 30.3 Å². The fraction of sp³-hybridized carbons (Fsp3) is 0.462. The van der Waals surface area contributed by atoms with Crippen molar-refractivity contribution in [1.29, 1.82) is 0 Å². The first-order valence-electron chi connectivity index (χ1n) is 6.71. The molecule has 5 atom stereocenters. The molecule has 1 saturated heterocycles. The minimum atomic E-state index is -1.44. The molecule has 1 aliphatic rings. The van der Waals surface area contributed by atoms with E-state index in [2.05, 4.69) is 16.2 Å². The summed E-state index contributed by atoms with van der Waals surface area (Å²) >= 11 is 5.07. The van der Waals surface area contributed by atoms with Gasteiger partial charge in [0, 0.05) is 5.69 Å². The molecule has 1 aromatic carbocycles. The molecule has 11 heteroatoms. The van der Waals surface area contributed by atoms with Crippen molar-refractivity contribution in [2.24, 2.45) is 0 Å². The third kappa shape index (κ3) is 6.14. The van der Waals surface area contributed by atoms with Gasteiger partial charge in [-0.2, -0.15) is 0 Å². The number of benzene rings is 1. The Labute approximate surface area is 163 Å². The Bertz CT molecular complexity index is 502. The average Bonchev–Trinajstić information content (AvgIpc) is 2.53. The van der Waals surface area contributed by atoms with Gasteiger partial charge in [0.15, 0.2) is 11.3 Å². The maximum Gasteiger partial charge on any atom is 2.00 e. The Morgan fingerprint density at radius 3 is 2.29 bits per heavy atom. The molecule has 0 spiro atoms. The van der Waals surface area contributed by atoms with E-state index in [0.717, 1.165) is 5.69 Å². The van der Waals surface area contributed by atoms with Crippen molar-refractivity contribution in [3.8, 4) is 0 Å². The number of aliphatic hydroxyl groups is 4. The van der Waals surface area contributed by atoms with E-state index in [0.29, 0.717) is 0 Å². The minimum absolute atomic E-state index is 0. The maximum atomic E-state index is 9.84. The SMILES string of the molecule is OC[C@H]1O[C@H](NNC(=S)Nc2ccccc2)[C@H](O)[C@@H](O)[C@@H]1O.[Cl-].[Zn+2]. The average molecular weight is 430 g/mol. The second-order valence-corrected chi connectivity index (χ2v) is 5.25. The first-order valence-corrected chi connectivity index (χ1v) is 7.12. The second-order valence-electron chi connectivity index (χ2n) is 4.84. The van der Waals surface area contributed by atoms with Crippen LogP contribution in [0, 0.1) is 0 Å². The van der Waals surface area contributed by atoms with E-state index in [9.17, 15) is 15.3 Å². The number of aliphatic hydroxyl groups excluding tert-OH is 4. The van der Waals surface area contributed by atoms with E-state index < -0.39 is 37.3 Å². The number of hydrazine groups is 1. The molecule has 0 aromatic heterocycles. The summed E-state index contributed by atoms with van der Waals surface area (Å²) in [6.45, 7) is -0.490. The van der Waals surface area contributed by atoms with E-state index in [1.165, 1.54) is 0 Å². The number of para-hydroxylation sites is 1. The van der Waals surface area contributed by atoms with Crippen molar-refractivity contribution in [1.82, 2.24) is 10.9 Å². The topological polar surface area (TPSA) is 126 Å². The van der Waals surface area contributed by atoms with Gasteiger partial charge in [0.05, 0.1) is 6.61 Å². The molecule has 0 amide bonds. The van der Waals surface area contributed by atoms with Crippen molar-refractivity contribution in [3.05, 3.63) is 30.3 Å². The largest absolute Gasteiger partial charge is 2.00 e. The number of anilines is 1. The molecule has 0 saturated carbocycles. The number of thiocarbonyl (C=S) groups is 1. The van der Waals surface area contributed by atoms with Crippen LogP contribution in [0.4, 0.5) is 5.69 Å². The van der Waals surface area contributed by atoms with E-state index in [1.807, 2.05) is 30.3 Å². The Morgan fingerprint density at radius 1 is 1.08 bits per heavy atom. The molecule has 1 aliphatic heterocycles. The van der Waals surface area contributed by atoms with Crippen molar-refractivity contribution in [2.45, 2.75) is 30.6 Å². The van der Waals surface area contributed by atoms with E-state index >= 15 is 0 Å². The molecule has 1 fully saturated rings. The van der Waals surface area contributed by atoms with Crippen LogP contribution in [0.5, 0.6) is 0 Å². The van der Waals surface area contributed by atoms with Crippen LogP contribution in [-0.2, 0) is 24.2 Å². The third-order valence-corrected chi connectivity index (χ3v) is 3.46. The Balaban J connectivity index is 0.00000264. The van der Waals surface area contributed by atoms with Gasteiger partial charge in [0.25, 0.3) is 0 Å². The van der Waals surface area contributed by atoms with Gasteiger partial charge < -0.3 is 42.9 Å². The molecule has 1 heterocycles. The quantitative estimate of drug-likeness (QED) is 0.143. The first-order chi connectivity index (χ1) is 10.5. The van der Waals surface area contributed by atoms with Crippen LogP contribution < -0.4 is 28.6 Å². The zero-order valence-electron chi connectivity index (χ0n) is 12.7. The fourth-order valence-corrected chi connectivity index (χ4v) is 2.22. The summed E-state index contributed by atoms with van der Waals surface area (Å²) < 4.78 is 5.26. The molecule has 2 rings (SSSR count). The minimum Gasteiger partial charge on any atom is -1.00 e. The molecule has 24 heavy (non-hydrogen) atoms. The van der Waals surface area contributed by atoms with Gasteiger partial charge in [-0.15, -0.1) is 0 Å².